The molecule has 0 aliphatic heterocycles. The fourth-order valence-electron chi connectivity index (χ4n) is 12.1. The highest BCUT2D eigenvalue weighted by Crippen LogP contribution is 2.77. The van der Waals surface area contributed by atoms with Crippen molar-refractivity contribution in [3.8, 4) is 0 Å². The SMILES string of the molecule is C=C(C)[C@@H]1CC[C@]2(C(=O)OCc3ccccc3)CC[C@]3(C)[C@H](CC[C@@H]4[C@@]5(C)CC=C(C)C(C)(C)[C@@H]5CC[C@]43C)[C@@H]12. The maximum Gasteiger partial charge on any atom is 0.312 e. The van der Waals surface area contributed by atoms with E-state index in [1.54, 1.807) is 5.57 Å². The molecule has 0 N–H and O–H groups in total. The van der Waals surface area contributed by atoms with Crippen molar-refractivity contribution in [3.05, 3.63) is 59.7 Å². The van der Waals surface area contributed by atoms with Crippen LogP contribution in [0.3, 0.4) is 0 Å². The molecule has 1 aromatic rings. The summed E-state index contributed by atoms with van der Waals surface area (Å²) in [6.07, 6.45) is 13.3. The van der Waals surface area contributed by atoms with Crippen molar-refractivity contribution in [3.63, 3.8) is 0 Å². The Morgan fingerprint density at radius 2 is 1.62 bits per heavy atom. The van der Waals surface area contributed by atoms with Gasteiger partial charge in [-0.3, -0.25) is 4.79 Å². The molecule has 1 aromatic carbocycles. The van der Waals surface area contributed by atoms with Crippen LogP contribution in [0.1, 0.15) is 112 Å². The van der Waals surface area contributed by atoms with Crippen LogP contribution >= 0.6 is 0 Å². The van der Waals surface area contributed by atoms with Gasteiger partial charge in [-0.1, -0.05) is 88.8 Å². The lowest BCUT2D eigenvalue weighted by Gasteiger charge is -2.72. The summed E-state index contributed by atoms with van der Waals surface area (Å²) in [5.41, 5.74) is 4.81. The van der Waals surface area contributed by atoms with Gasteiger partial charge >= 0.3 is 5.97 Å². The Bertz CT molecular complexity index is 1210. The van der Waals surface area contributed by atoms with E-state index in [1.807, 2.05) is 18.2 Å². The van der Waals surface area contributed by atoms with Crippen LogP contribution < -0.4 is 0 Å². The molecule has 0 saturated heterocycles. The summed E-state index contributed by atoms with van der Waals surface area (Å²) in [7, 11) is 0. The number of benzene rings is 1. The highest BCUT2D eigenvalue weighted by atomic mass is 16.5. The predicted octanol–water partition coefficient (Wildman–Crippen LogP) is 9.94. The minimum Gasteiger partial charge on any atom is -0.460 e. The van der Waals surface area contributed by atoms with E-state index in [9.17, 15) is 4.79 Å². The van der Waals surface area contributed by atoms with Gasteiger partial charge in [-0.15, -0.1) is 0 Å². The Morgan fingerprint density at radius 3 is 2.33 bits per heavy atom. The fraction of sp³-hybridized carbons (Fsp3) is 0.711. The zero-order valence-corrected chi connectivity index (χ0v) is 26.4. The number of allylic oxidation sites excluding steroid dienone is 3. The average molecular weight is 543 g/mol. The van der Waals surface area contributed by atoms with Crippen LogP contribution in [-0.2, 0) is 16.1 Å². The summed E-state index contributed by atoms with van der Waals surface area (Å²) < 4.78 is 6.19. The van der Waals surface area contributed by atoms with Gasteiger partial charge in [0.25, 0.3) is 0 Å². The van der Waals surface area contributed by atoms with E-state index >= 15 is 0 Å². The molecule has 2 heteroatoms. The van der Waals surface area contributed by atoms with Gasteiger partial charge in [0.2, 0.25) is 0 Å². The van der Waals surface area contributed by atoms with Gasteiger partial charge in [-0.2, -0.15) is 0 Å². The van der Waals surface area contributed by atoms with Crippen molar-refractivity contribution in [2.24, 2.45) is 56.7 Å². The van der Waals surface area contributed by atoms with E-state index in [1.165, 1.54) is 37.7 Å². The molecule has 0 bridgehead atoms. The minimum absolute atomic E-state index is 0.0738. The summed E-state index contributed by atoms with van der Waals surface area (Å²) in [5.74, 6) is 2.93. The highest BCUT2D eigenvalue weighted by Gasteiger charge is 2.71. The molecular weight excluding hydrogens is 488 g/mol. The monoisotopic (exact) mass is 542 g/mol. The summed E-state index contributed by atoms with van der Waals surface area (Å²) in [5, 5.41) is 0. The third kappa shape index (κ3) is 3.69. The minimum atomic E-state index is -0.348. The van der Waals surface area contributed by atoms with Crippen LogP contribution in [0.25, 0.3) is 0 Å². The van der Waals surface area contributed by atoms with Crippen LogP contribution in [-0.4, -0.2) is 5.97 Å². The summed E-state index contributed by atoms with van der Waals surface area (Å²) >= 11 is 0. The lowest BCUT2D eigenvalue weighted by molar-refractivity contribution is -0.230. The molecule has 2 nitrogen and oxygen atoms in total. The maximum atomic E-state index is 14.2. The molecule has 40 heavy (non-hydrogen) atoms. The molecule has 5 aliphatic carbocycles. The average Bonchev–Trinajstić information content (AvgIpc) is 3.32. The number of hydrogen-bond acceptors (Lipinski definition) is 2. The van der Waals surface area contributed by atoms with E-state index in [2.05, 4.69) is 73.3 Å². The molecule has 0 heterocycles. The first-order valence-corrected chi connectivity index (χ1v) is 16.3. The second-order valence-electron chi connectivity index (χ2n) is 16.2. The van der Waals surface area contributed by atoms with Crippen LogP contribution in [0.5, 0.6) is 0 Å². The Balaban J connectivity index is 1.35. The zero-order chi connectivity index (χ0) is 28.7. The number of ether oxygens (including phenoxy) is 1. The van der Waals surface area contributed by atoms with E-state index in [-0.39, 0.29) is 22.2 Å². The standard InChI is InChI=1S/C38H54O2/c1-25(2)28-17-21-38(33(39)40-24-27-12-10-9-11-13-27)23-22-36(7)29(32(28)38)14-15-31-35(6)19-16-26(3)34(4,5)30(35)18-20-37(31,36)8/h9-13,16,28-32H,1,14-15,17-24H2,2-8H3/t28-,29+,30-,31+,32+,35-,36+,37+,38-/m0/s1. The maximum absolute atomic E-state index is 14.2. The predicted molar refractivity (Wildman–Crippen MR) is 164 cm³/mol. The molecule has 0 unspecified atom stereocenters. The van der Waals surface area contributed by atoms with Gasteiger partial charge in [-0.05, 0) is 128 Å². The van der Waals surface area contributed by atoms with Crippen LogP contribution in [0.2, 0.25) is 0 Å². The molecule has 0 radical (unpaired) electrons. The van der Waals surface area contributed by atoms with Gasteiger partial charge in [0.1, 0.15) is 6.61 Å². The molecule has 5 aliphatic rings. The van der Waals surface area contributed by atoms with Crippen LogP contribution in [0, 0.1) is 56.7 Å². The number of hydrogen-bond donors (Lipinski definition) is 0. The molecule has 218 valence electrons. The Labute approximate surface area is 244 Å². The zero-order valence-electron chi connectivity index (χ0n) is 26.4. The largest absolute Gasteiger partial charge is 0.460 e. The molecule has 4 saturated carbocycles. The van der Waals surface area contributed by atoms with Crippen molar-refractivity contribution >= 4 is 5.97 Å². The third-order valence-corrected chi connectivity index (χ3v) is 14.7. The van der Waals surface area contributed by atoms with E-state index < -0.39 is 0 Å². The van der Waals surface area contributed by atoms with Crippen molar-refractivity contribution in [2.45, 2.75) is 113 Å². The van der Waals surface area contributed by atoms with Gasteiger partial charge < -0.3 is 4.74 Å². The molecule has 0 amide bonds. The van der Waals surface area contributed by atoms with Crippen molar-refractivity contribution in [1.29, 1.82) is 0 Å². The third-order valence-electron chi connectivity index (χ3n) is 14.7. The fourth-order valence-corrected chi connectivity index (χ4v) is 12.1. The van der Waals surface area contributed by atoms with Crippen molar-refractivity contribution in [2.75, 3.05) is 0 Å². The lowest BCUT2D eigenvalue weighted by Crippen LogP contribution is -2.66. The highest BCUT2D eigenvalue weighted by molar-refractivity contribution is 5.78. The first-order chi connectivity index (χ1) is 18.8. The molecular formula is C38H54O2. The Kier molecular flexibility index (Phi) is 6.60. The van der Waals surface area contributed by atoms with Crippen molar-refractivity contribution in [1.82, 2.24) is 0 Å². The van der Waals surface area contributed by atoms with E-state index in [0.717, 1.165) is 43.1 Å². The summed E-state index contributed by atoms with van der Waals surface area (Å²) in [6.45, 7) is 22.5. The first-order valence-electron chi connectivity index (χ1n) is 16.3. The molecule has 9 atom stereocenters. The number of carbonyl (C=O) groups is 1. The van der Waals surface area contributed by atoms with Crippen LogP contribution in [0.4, 0.5) is 0 Å². The number of carbonyl (C=O) groups excluding carboxylic acids is 1. The molecule has 4 fully saturated rings. The smallest absolute Gasteiger partial charge is 0.312 e. The normalized spacial score (nSPS) is 45.3. The summed E-state index contributed by atoms with van der Waals surface area (Å²) in [6, 6.07) is 10.2. The Hall–Kier alpha value is -1.83. The molecule has 6 rings (SSSR count). The van der Waals surface area contributed by atoms with Crippen LogP contribution in [0.15, 0.2) is 54.1 Å². The van der Waals surface area contributed by atoms with Gasteiger partial charge in [0.15, 0.2) is 0 Å². The summed E-state index contributed by atoms with van der Waals surface area (Å²) in [4.78, 5) is 14.2. The lowest BCUT2D eigenvalue weighted by atomic mass is 9.32. The van der Waals surface area contributed by atoms with Gasteiger partial charge in [0.05, 0.1) is 5.41 Å². The Morgan fingerprint density at radius 1 is 0.900 bits per heavy atom. The second kappa shape index (κ2) is 9.34. The quantitative estimate of drug-likeness (QED) is 0.279. The van der Waals surface area contributed by atoms with E-state index in [4.69, 9.17) is 4.74 Å². The second-order valence-corrected chi connectivity index (χ2v) is 16.2. The van der Waals surface area contributed by atoms with Crippen molar-refractivity contribution < 1.29 is 9.53 Å². The van der Waals surface area contributed by atoms with Gasteiger partial charge in [-0.25, -0.2) is 0 Å². The topological polar surface area (TPSA) is 26.3 Å². The number of fused-ring (bicyclic) bond motifs is 7. The van der Waals surface area contributed by atoms with Gasteiger partial charge in [0, 0.05) is 0 Å². The first kappa shape index (κ1) is 28.3. The molecule has 0 spiro atoms. The molecule has 0 aromatic heterocycles. The number of esters is 1. The van der Waals surface area contributed by atoms with E-state index in [0.29, 0.717) is 35.2 Å². The number of rotatable bonds is 4.